The molecule has 0 bridgehead atoms. The maximum absolute atomic E-state index is 12.3. The molecule has 0 aromatic carbocycles. The molecule has 0 aliphatic rings. The summed E-state index contributed by atoms with van der Waals surface area (Å²) in [6.07, 6.45) is 0.801. The van der Waals surface area contributed by atoms with Crippen LogP contribution in [0.1, 0.15) is 16.9 Å². The number of hydrogen-bond acceptors (Lipinski definition) is 7. The number of nitrogens with zero attached hydrogens (tertiary/aromatic N) is 3. The quantitative estimate of drug-likeness (QED) is 0.581. The zero-order chi connectivity index (χ0) is 19.4. The molecule has 0 atom stereocenters. The number of nitrogens with one attached hydrogen (secondary N) is 1. The second-order valence-electron chi connectivity index (χ2n) is 6.36. The molecule has 3 heterocycles. The fourth-order valence-corrected chi connectivity index (χ4v) is 4.49. The Labute approximate surface area is 167 Å². The molecule has 3 aromatic rings. The average molecular weight is 405 g/mol. The summed E-state index contributed by atoms with van der Waals surface area (Å²) in [5.74, 6) is 1.49. The standard InChI is InChI=1S/C19H24N4O2S2/c1-12-13(2)27-19-16(12)18(21-17(22-19)14-7-5-10-26-14)23(3)11-15(24)20-8-6-9-25-4/h5,7,10H,6,8-9,11H2,1-4H3,(H,20,24). The van der Waals surface area contributed by atoms with Gasteiger partial charge in [0.2, 0.25) is 5.91 Å². The van der Waals surface area contributed by atoms with Gasteiger partial charge >= 0.3 is 0 Å². The molecule has 0 saturated carbocycles. The Morgan fingerprint density at radius 2 is 2.15 bits per heavy atom. The Morgan fingerprint density at radius 1 is 1.33 bits per heavy atom. The fraction of sp³-hybridized carbons (Fsp3) is 0.421. The number of amides is 1. The number of carbonyl (C=O) groups excluding carboxylic acids is 1. The Hall–Kier alpha value is -2.03. The van der Waals surface area contributed by atoms with Crippen molar-refractivity contribution in [2.75, 3.05) is 38.8 Å². The van der Waals surface area contributed by atoms with Gasteiger partial charge in [-0.25, -0.2) is 9.97 Å². The number of ether oxygens (including phenoxy) is 1. The van der Waals surface area contributed by atoms with E-state index in [-0.39, 0.29) is 12.5 Å². The summed E-state index contributed by atoms with van der Waals surface area (Å²) in [5.41, 5.74) is 1.18. The van der Waals surface area contributed by atoms with Gasteiger partial charge in [-0.2, -0.15) is 0 Å². The lowest BCUT2D eigenvalue weighted by atomic mass is 10.2. The van der Waals surface area contributed by atoms with Gasteiger partial charge in [-0.15, -0.1) is 22.7 Å². The van der Waals surface area contributed by atoms with Gasteiger partial charge in [-0.05, 0) is 37.3 Å². The maximum Gasteiger partial charge on any atom is 0.239 e. The highest BCUT2D eigenvalue weighted by atomic mass is 32.1. The molecule has 0 fully saturated rings. The van der Waals surface area contributed by atoms with Crippen molar-refractivity contribution in [2.24, 2.45) is 0 Å². The van der Waals surface area contributed by atoms with Crippen molar-refractivity contribution in [3.8, 4) is 10.7 Å². The van der Waals surface area contributed by atoms with Crippen LogP contribution >= 0.6 is 22.7 Å². The lowest BCUT2D eigenvalue weighted by Gasteiger charge is -2.19. The van der Waals surface area contributed by atoms with Gasteiger partial charge in [0.1, 0.15) is 10.6 Å². The molecule has 1 amide bonds. The van der Waals surface area contributed by atoms with E-state index in [0.29, 0.717) is 19.0 Å². The monoisotopic (exact) mass is 404 g/mol. The Bertz CT molecular complexity index is 922. The van der Waals surface area contributed by atoms with E-state index in [4.69, 9.17) is 14.7 Å². The van der Waals surface area contributed by atoms with Gasteiger partial charge in [0, 0.05) is 32.2 Å². The molecule has 27 heavy (non-hydrogen) atoms. The number of hydrogen-bond donors (Lipinski definition) is 1. The number of methoxy groups -OCH3 is 1. The van der Waals surface area contributed by atoms with Crippen molar-refractivity contribution < 1.29 is 9.53 Å². The van der Waals surface area contributed by atoms with Gasteiger partial charge in [-0.3, -0.25) is 4.79 Å². The van der Waals surface area contributed by atoms with Gasteiger partial charge in [0.05, 0.1) is 16.8 Å². The largest absolute Gasteiger partial charge is 0.385 e. The van der Waals surface area contributed by atoms with Crippen LogP contribution in [0.15, 0.2) is 17.5 Å². The fourth-order valence-electron chi connectivity index (χ4n) is 2.81. The van der Waals surface area contributed by atoms with Crippen molar-refractivity contribution in [1.82, 2.24) is 15.3 Å². The molecule has 0 saturated heterocycles. The Kier molecular flexibility index (Phi) is 6.41. The van der Waals surface area contributed by atoms with Crippen LogP contribution in [0.5, 0.6) is 0 Å². The Morgan fingerprint density at radius 3 is 2.85 bits per heavy atom. The molecule has 0 aliphatic heterocycles. The second kappa shape index (κ2) is 8.77. The molecular formula is C19H24N4O2S2. The maximum atomic E-state index is 12.3. The van der Waals surface area contributed by atoms with E-state index >= 15 is 0 Å². The molecule has 3 aromatic heterocycles. The van der Waals surface area contributed by atoms with Crippen molar-refractivity contribution in [2.45, 2.75) is 20.3 Å². The molecule has 0 spiro atoms. The van der Waals surface area contributed by atoms with E-state index in [1.807, 2.05) is 29.5 Å². The van der Waals surface area contributed by atoms with Gasteiger partial charge < -0.3 is 15.0 Å². The second-order valence-corrected chi connectivity index (χ2v) is 8.51. The van der Waals surface area contributed by atoms with E-state index in [1.54, 1.807) is 29.8 Å². The molecule has 144 valence electrons. The molecule has 0 aliphatic carbocycles. The van der Waals surface area contributed by atoms with E-state index in [0.717, 1.165) is 27.3 Å². The van der Waals surface area contributed by atoms with Crippen LogP contribution in [0.25, 0.3) is 20.9 Å². The van der Waals surface area contributed by atoms with Gasteiger partial charge in [0.15, 0.2) is 5.82 Å². The summed E-state index contributed by atoms with van der Waals surface area (Å²) < 4.78 is 5.01. The van der Waals surface area contributed by atoms with Crippen LogP contribution in [0.3, 0.4) is 0 Å². The number of anilines is 1. The zero-order valence-corrected chi connectivity index (χ0v) is 17.7. The summed E-state index contributed by atoms with van der Waals surface area (Å²) in [4.78, 5) is 27.0. The highest BCUT2D eigenvalue weighted by Gasteiger charge is 2.19. The van der Waals surface area contributed by atoms with Crippen molar-refractivity contribution in [3.05, 3.63) is 28.0 Å². The first kappa shape index (κ1) is 19.7. The normalized spacial score (nSPS) is 11.1. The SMILES string of the molecule is COCCCNC(=O)CN(C)c1nc(-c2cccs2)nc2sc(C)c(C)c12. The summed E-state index contributed by atoms with van der Waals surface area (Å²) in [6, 6.07) is 4.01. The van der Waals surface area contributed by atoms with Crippen molar-refractivity contribution >= 4 is 44.6 Å². The average Bonchev–Trinajstić information content (AvgIpc) is 3.27. The topological polar surface area (TPSA) is 67.3 Å². The lowest BCUT2D eigenvalue weighted by Crippen LogP contribution is -2.36. The zero-order valence-electron chi connectivity index (χ0n) is 16.0. The minimum absolute atomic E-state index is 0.0253. The van der Waals surface area contributed by atoms with E-state index < -0.39 is 0 Å². The smallest absolute Gasteiger partial charge is 0.239 e. The van der Waals surface area contributed by atoms with Crippen LogP contribution in [0, 0.1) is 13.8 Å². The first-order chi connectivity index (χ1) is 13.0. The number of likely N-dealkylation sites (N-methyl/N-ethyl adjacent to an activating group) is 1. The number of carbonyl (C=O) groups is 1. The third-order valence-electron chi connectivity index (χ3n) is 4.34. The molecule has 6 nitrogen and oxygen atoms in total. The predicted molar refractivity (Wildman–Crippen MR) is 113 cm³/mol. The number of fused-ring (bicyclic) bond motifs is 1. The number of aryl methyl sites for hydroxylation is 2. The van der Waals surface area contributed by atoms with Crippen LogP contribution in [-0.2, 0) is 9.53 Å². The third kappa shape index (κ3) is 4.45. The van der Waals surface area contributed by atoms with Gasteiger partial charge in [-0.1, -0.05) is 6.07 Å². The number of rotatable bonds is 8. The van der Waals surface area contributed by atoms with Crippen molar-refractivity contribution in [1.29, 1.82) is 0 Å². The highest BCUT2D eigenvalue weighted by Crippen LogP contribution is 2.36. The number of aromatic nitrogens is 2. The third-order valence-corrected chi connectivity index (χ3v) is 6.31. The summed E-state index contributed by atoms with van der Waals surface area (Å²) >= 11 is 3.29. The van der Waals surface area contributed by atoms with Crippen molar-refractivity contribution in [3.63, 3.8) is 0 Å². The lowest BCUT2D eigenvalue weighted by molar-refractivity contribution is -0.119. The molecule has 3 rings (SSSR count). The summed E-state index contributed by atoms with van der Waals surface area (Å²) in [5, 5.41) is 5.98. The van der Waals surface area contributed by atoms with Crippen LogP contribution in [0.4, 0.5) is 5.82 Å². The molecule has 0 radical (unpaired) electrons. The van der Waals surface area contributed by atoms with Crippen LogP contribution < -0.4 is 10.2 Å². The van der Waals surface area contributed by atoms with Gasteiger partial charge in [0.25, 0.3) is 0 Å². The van der Waals surface area contributed by atoms with E-state index in [1.165, 1.54) is 10.4 Å². The predicted octanol–water partition coefficient (Wildman–Crippen LogP) is 3.63. The molecular weight excluding hydrogens is 380 g/mol. The van der Waals surface area contributed by atoms with Crippen LogP contribution in [-0.4, -0.2) is 49.7 Å². The minimum Gasteiger partial charge on any atom is -0.385 e. The number of thiophene rings is 2. The first-order valence-electron chi connectivity index (χ1n) is 8.79. The highest BCUT2D eigenvalue weighted by molar-refractivity contribution is 7.19. The first-order valence-corrected chi connectivity index (χ1v) is 10.5. The molecule has 1 N–H and O–H groups in total. The van der Waals surface area contributed by atoms with E-state index in [9.17, 15) is 4.79 Å². The van der Waals surface area contributed by atoms with Crippen LogP contribution in [0.2, 0.25) is 0 Å². The molecule has 0 unspecified atom stereocenters. The summed E-state index contributed by atoms with van der Waals surface area (Å²) in [6.45, 7) is 5.68. The Balaban J connectivity index is 1.88. The molecule has 8 heteroatoms. The van der Waals surface area contributed by atoms with E-state index in [2.05, 4.69) is 19.2 Å². The minimum atomic E-state index is -0.0253. The summed E-state index contributed by atoms with van der Waals surface area (Å²) in [7, 11) is 3.56.